The lowest BCUT2D eigenvalue weighted by Crippen LogP contribution is -2.31. The number of aromatic nitrogens is 2. The topological polar surface area (TPSA) is 58.4 Å². The fraction of sp³-hybridized carbons (Fsp3) is 0.238. The van der Waals surface area contributed by atoms with E-state index in [1.54, 1.807) is 32.0 Å². The van der Waals surface area contributed by atoms with Crippen LogP contribution in [-0.2, 0) is 13.0 Å². The summed E-state index contributed by atoms with van der Waals surface area (Å²) in [6.07, 6.45) is 0.613. The van der Waals surface area contributed by atoms with Crippen LogP contribution in [0.15, 0.2) is 53.3 Å². The highest BCUT2D eigenvalue weighted by Gasteiger charge is 2.20. The molecule has 1 heterocycles. The first-order valence-electron chi connectivity index (χ1n) is 8.70. The molecule has 27 heavy (non-hydrogen) atoms. The normalized spacial score (nSPS) is 10.8. The van der Waals surface area contributed by atoms with Crippen LogP contribution in [0.1, 0.15) is 11.3 Å². The molecule has 3 rings (SSSR count). The fourth-order valence-corrected chi connectivity index (χ4v) is 3.16. The number of halogens is 1. The van der Waals surface area contributed by atoms with Gasteiger partial charge in [-0.1, -0.05) is 36.4 Å². The first kappa shape index (κ1) is 18.6. The second-order valence-electron chi connectivity index (χ2n) is 6.59. The van der Waals surface area contributed by atoms with E-state index in [2.05, 4.69) is 4.98 Å². The van der Waals surface area contributed by atoms with Crippen LogP contribution in [0.5, 0.6) is 5.75 Å². The minimum Gasteiger partial charge on any atom is -0.504 e. The maximum absolute atomic E-state index is 13.9. The maximum Gasteiger partial charge on any atom is 0.277 e. The quantitative estimate of drug-likeness (QED) is 0.751. The highest BCUT2D eigenvalue weighted by Crippen LogP contribution is 2.30. The summed E-state index contributed by atoms with van der Waals surface area (Å²) >= 11 is 0. The lowest BCUT2D eigenvalue weighted by Gasteiger charge is -2.20. The molecule has 0 spiro atoms. The lowest BCUT2D eigenvalue weighted by atomic mass is 10.1. The van der Waals surface area contributed by atoms with Gasteiger partial charge in [-0.2, -0.15) is 0 Å². The molecule has 0 saturated heterocycles. The summed E-state index contributed by atoms with van der Waals surface area (Å²) < 4.78 is 15.4. The molecule has 6 heteroatoms. The third-order valence-electron chi connectivity index (χ3n) is 4.46. The van der Waals surface area contributed by atoms with Crippen molar-refractivity contribution >= 4 is 5.69 Å². The van der Waals surface area contributed by atoms with Crippen LogP contribution in [0.2, 0.25) is 0 Å². The van der Waals surface area contributed by atoms with Crippen LogP contribution in [0, 0.1) is 12.7 Å². The molecule has 0 fully saturated rings. The predicted octanol–water partition coefficient (Wildman–Crippen LogP) is 3.37. The van der Waals surface area contributed by atoms with E-state index in [9.17, 15) is 14.3 Å². The molecule has 2 aromatic carbocycles. The van der Waals surface area contributed by atoms with E-state index in [1.165, 1.54) is 16.7 Å². The van der Waals surface area contributed by atoms with Crippen molar-refractivity contribution in [2.45, 2.75) is 19.9 Å². The number of rotatable bonds is 5. The number of para-hydroxylation sites is 1. The molecule has 0 aliphatic heterocycles. The Balaban J connectivity index is 2.17. The molecule has 0 aliphatic rings. The van der Waals surface area contributed by atoms with Gasteiger partial charge in [0.15, 0.2) is 11.6 Å². The van der Waals surface area contributed by atoms with Crippen molar-refractivity contribution in [2.75, 3.05) is 19.0 Å². The number of phenols is 1. The Kier molecular flexibility index (Phi) is 5.26. The van der Waals surface area contributed by atoms with Gasteiger partial charge in [0.25, 0.3) is 5.56 Å². The second kappa shape index (κ2) is 7.61. The Bertz CT molecular complexity index is 1010. The van der Waals surface area contributed by atoms with Crippen molar-refractivity contribution in [1.82, 2.24) is 9.55 Å². The van der Waals surface area contributed by atoms with Crippen molar-refractivity contribution in [3.05, 3.63) is 76.0 Å². The number of hydrogen-bond acceptors (Lipinski definition) is 4. The zero-order valence-electron chi connectivity index (χ0n) is 15.6. The first-order valence-corrected chi connectivity index (χ1v) is 8.70. The minimum atomic E-state index is -0.745. The van der Waals surface area contributed by atoms with E-state index in [0.29, 0.717) is 24.3 Å². The van der Waals surface area contributed by atoms with Crippen LogP contribution in [0.4, 0.5) is 10.1 Å². The lowest BCUT2D eigenvalue weighted by molar-refractivity contribution is 0.433. The van der Waals surface area contributed by atoms with Crippen molar-refractivity contribution in [1.29, 1.82) is 0 Å². The van der Waals surface area contributed by atoms with Crippen LogP contribution < -0.4 is 10.5 Å². The molecule has 5 nitrogen and oxygen atoms in total. The number of aryl methyl sites for hydroxylation is 2. The smallest absolute Gasteiger partial charge is 0.277 e. The summed E-state index contributed by atoms with van der Waals surface area (Å²) in [7, 11) is 3.57. The van der Waals surface area contributed by atoms with E-state index in [0.717, 1.165) is 5.56 Å². The minimum absolute atomic E-state index is 0.202. The van der Waals surface area contributed by atoms with Crippen molar-refractivity contribution in [2.24, 2.45) is 0 Å². The van der Waals surface area contributed by atoms with Gasteiger partial charge in [-0.3, -0.25) is 9.36 Å². The first-order chi connectivity index (χ1) is 12.9. The summed E-state index contributed by atoms with van der Waals surface area (Å²) in [5.74, 6) is -0.989. The van der Waals surface area contributed by atoms with E-state index in [-0.39, 0.29) is 16.9 Å². The van der Waals surface area contributed by atoms with Gasteiger partial charge in [-0.15, -0.1) is 0 Å². The molecule has 0 saturated carbocycles. The van der Waals surface area contributed by atoms with Crippen LogP contribution in [0.25, 0.3) is 11.4 Å². The molecule has 0 amide bonds. The molecule has 0 atom stereocenters. The summed E-state index contributed by atoms with van der Waals surface area (Å²) in [6, 6.07) is 14.0. The summed E-state index contributed by atoms with van der Waals surface area (Å²) in [5, 5.41) is 10.2. The van der Waals surface area contributed by atoms with Gasteiger partial charge in [0.05, 0.1) is 11.3 Å². The molecular weight excluding hydrogens is 345 g/mol. The zero-order valence-corrected chi connectivity index (χ0v) is 15.6. The van der Waals surface area contributed by atoms with Crippen LogP contribution in [-0.4, -0.2) is 28.8 Å². The second-order valence-corrected chi connectivity index (χ2v) is 6.59. The monoisotopic (exact) mass is 367 g/mol. The number of anilines is 1. The van der Waals surface area contributed by atoms with E-state index in [4.69, 9.17) is 0 Å². The van der Waals surface area contributed by atoms with Crippen molar-refractivity contribution in [3.8, 4) is 17.1 Å². The average molecular weight is 367 g/mol. The highest BCUT2D eigenvalue weighted by atomic mass is 19.1. The molecule has 1 aromatic heterocycles. The van der Waals surface area contributed by atoms with Gasteiger partial charge < -0.3 is 10.0 Å². The third kappa shape index (κ3) is 3.69. The molecule has 3 aromatic rings. The number of benzene rings is 2. The van der Waals surface area contributed by atoms with Crippen molar-refractivity contribution in [3.63, 3.8) is 0 Å². The molecule has 140 valence electrons. The predicted molar refractivity (Wildman–Crippen MR) is 105 cm³/mol. The molecule has 1 N–H and O–H groups in total. The van der Waals surface area contributed by atoms with Crippen molar-refractivity contribution < 1.29 is 9.50 Å². The highest BCUT2D eigenvalue weighted by molar-refractivity contribution is 5.66. The SMILES string of the molecule is Cc1nc(-c2cccc(F)c2O)n(CCc2ccccc2)c(=O)c1N(C)C. The summed E-state index contributed by atoms with van der Waals surface area (Å²) in [6.45, 7) is 2.10. The Labute approximate surface area is 157 Å². The molecule has 0 radical (unpaired) electrons. The van der Waals surface area contributed by atoms with Gasteiger partial charge in [0.1, 0.15) is 11.5 Å². The van der Waals surface area contributed by atoms with Gasteiger partial charge in [0, 0.05) is 20.6 Å². The Hall–Kier alpha value is -3.15. The zero-order chi connectivity index (χ0) is 19.6. The average Bonchev–Trinajstić information content (AvgIpc) is 2.63. The largest absolute Gasteiger partial charge is 0.504 e. The number of nitrogens with zero attached hydrogens (tertiary/aromatic N) is 3. The van der Waals surface area contributed by atoms with Crippen LogP contribution >= 0.6 is 0 Å². The van der Waals surface area contributed by atoms with Crippen LogP contribution in [0.3, 0.4) is 0 Å². The van der Waals surface area contributed by atoms with Gasteiger partial charge in [-0.25, -0.2) is 9.37 Å². The molecule has 0 aliphatic carbocycles. The summed E-state index contributed by atoms with van der Waals surface area (Å²) in [5.41, 5.74) is 2.06. The number of hydrogen-bond donors (Lipinski definition) is 1. The summed E-state index contributed by atoms with van der Waals surface area (Å²) in [4.78, 5) is 19.4. The fourth-order valence-electron chi connectivity index (χ4n) is 3.16. The molecule has 0 bridgehead atoms. The Morgan fingerprint density at radius 3 is 2.48 bits per heavy atom. The van der Waals surface area contributed by atoms with Gasteiger partial charge in [-0.05, 0) is 31.0 Å². The standard InChI is InChI=1S/C21H22FN3O2/c1-14-18(24(2)3)21(27)25(13-12-15-8-5-4-6-9-15)20(23-14)16-10-7-11-17(22)19(16)26/h4-11,26H,12-13H2,1-3H3. The maximum atomic E-state index is 13.9. The molecular formula is C21H22FN3O2. The number of aromatic hydroxyl groups is 1. The van der Waals surface area contributed by atoms with Gasteiger partial charge >= 0.3 is 0 Å². The van der Waals surface area contributed by atoms with E-state index >= 15 is 0 Å². The number of phenolic OH excluding ortho intramolecular Hbond substituents is 1. The third-order valence-corrected chi connectivity index (χ3v) is 4.46. The van der Waals surface area contributed by atoms with E-state index < -0.39 is 11.6 Å². The Morgan fingerprint density at radius 2 is 1.81 bits per heavy atom. The Morgan fingerprint density at radius 1 is 1.11 bits per heavy atom. The van der Waals surface area contributed by atoms with Gasteiger partial charge in [0.2, 0.25) is 0 Å². The molecule has 0 unspecified atom stereocenters. The van der Waals surface area contributed by atoms with E-state index in [1.807, 2.05) is 30.3 Å².